The summed E-state index contributed by atoms with van der Waals surface area (Å²) in [7, 11) is 2.01. The average Bonchev–Trinajstić information content (AvgIpc) is 1.62. The molecule has 0 N–H and O–H groups in total. The summed E-state index contributed by atoms with van der Waals surface area (Å²) in [5, 5.41) is 17.9. The van der Waals surface area contributed by atoms with Crippen LogP contribution in [0.2, 0.25) is 0 Å². The number of carbonyl (C=O) groups is 6. The van der Waals surface area contributed by atoms with Gasteiger partial charge in [-0.2, -0.15) is 0 Å². The first-order valence-electron chi connectivity index (χ1n) is 32.4. The molecule has 492 valence electrons. The lowest BCUT2D eigenvalue weighted by molar-refractivity contribution is -0.141. The Balaban J connectivity index is 0.000000149. The van der Waals surface area contributed by atoms with Crippen LogP contribution in [0.25, 0.3) is 65.4 Å². The number of carbonyl (C=O) groups excluding carboxylic acids is 6. The van der Waals surface area contributed by atoms with Crippen molar-refractivity contribution in [3.05, 3.63) is 273 Å². The molecule has 0 amide bonds. The predicted molar refractivity (Wildman–Crippen MR) is 388 cm³/mol. The highest BCUT2D eigenvalue weighted by molar-refractivity contribution is 6.19. The van der Waals surface area contributed by atoms with Crippen molar-refractivity contribution in [3.8, 4) is 0 Å². The van der Waals surface area contributed by atoms with Gasteiger partial charge in [0.25, 0.3) is 0 Å². The number of hydrogen-bond acceptors (Lipinski definition) is 13. The third-order valence-corrected chi connectivity index (χ3v) is 17.6. The number of oxime groups is 3. The predicted octanol–water partition coefficient (Wildman–Crippen LogP) is 18.1. The van der Waals surface area contributed by atoms with Crippen LogP contribution in [0.4, 0.5) is 0 Å². The number of nitrogens with zero attached hydrogens (tertiary/aromatic N) is 6. The second kappa shape index (κ2) is 29.4. The van der Waals surface area contributed by atoms with E-state index in [0.717, 1.165) is 130 Å². The van der Waals surface area contributed by atoms with Gasteiger partial charge in [0.2, 0.25) is 5.76 Å². The minimum absolute atomic E-state index is 0.00105. The molecule has 0 unspecified atom stereocenters. The van der Waals surface area contributed by atoms with Gasteiger partial charge in [0.05, 0.1) is 23.4 Å². The second-order valence-electron chi connectivity index (χ2n) is 24.2. The summed E-state index contributed by atoms with van der Waals surface area (Å²) in [6, 6.07) is 61.8. The molecule has 0 radical (unpaired) electrons. The van der Waals surface area contributed by atoms with Gasteiger partial charge in [-0.25, -0.2) is 14.4 Å². The fourth-order valence-electron chi connectivity index (χ4n) is 12.3. The first-order chi connectivity index (χ1) is 47.2. The SMILES string of the molecule is CC(=O)O/N=C(\C)c1ccc2c(c1)c1cc(C(=O)c3ccccc3C)ccc1n2C.CCCCn1c2ccc(C(=O)c3ccccc3C)cc2c2cc(/C(C)=N/OC(C)=O)ccc21.CCn1c2ccc(C(=O)c3ccccc3C)cc2c2cc(/C(C)=N/OC(=O)c3ccco3)ccc21. The Kier molecular flexibility index (Phi) is 20.2. The van der Waals surface area contributed by atoms with Crippen LogP contribution in [0.3, 0.4) is 0 Å². The van der Waals surface area contributed by atoms with Crippen LogP contribution >= 0.6 is 0 Å². The highest BCUT2D eigenvalue weighted by Gasteiger charge is 2.21. The molecule has 0 fully saturated rings. The van der Waals surface area contributed by atoms with E-state index in [0.29, 0.717) is 45.0 Å². The fourth-order valence-corrected chi connectivity index (χ4v) is 12.3. The molecule has 0 bridgehead atoms. The lowest BCUT2D eigenvalue weighted by Crippen LogP contribution is -2.03. The fraction of sp³-hybridized carbons (Fsp3) is 0.183. The highest BCUT2D eigenvalue weighted by atomic mass is 16.7. The van der Waals surface area contributed by atoms with Crippen molar-refractivity contribution in [1.29, 1.82) is 0 Å². The Morgan fingerprint density at radius 2 is 0.714 bits per heavy atom. The molecule has 98 heavy (non-hydrogen) atoms. The normalized spacial score (nSPS) is 11.8. The molecule has 0 saturated heterocycles. The van der Waals surface area contributed by atoms with E-state index < -0.39 is 17.9 Å². The van der Waals surface area contributed by atoms with E-state index in [1.54, 1.807) is 19.9 Å². The van der Waals surface area contributed by atoms with Gasteiger partial charge in [-0.1, -0.05) is 120 Å². The summed E-state index contributed by atoms with van der Waals surface area (Å²) in [5.41, 5.74) is 17.7. The number of fused-ring (bicyclic) bond motifs is 9. The zero-order valence-corrected chi connectivity index (χ0v) is 56.6. The molecule has 4 aromatic heterocycles. The van der Waals surface area contributed by atoms with Crippen molar-refractivity contribution in [2.75, 3.05) is 0 Å². The van der Waals surface area contributed by atoms with Crippen LogP contribution in [-0.2, 0) is 44.2 Å². The maximum Gasteiger partial charge on any atom is 0.400 e. The molecular weight excluding hydrogens is 1230 g/mol. The molecule has 0 spiro atoms. The number of aromatic nitrogens is 3. The number of furan rings is 1. The molecule has 9 aromatic carbocycles. The maximum absolute atomic E-state index is 13.3. The number of ketones is 3. The summed E-state index contributed by atoms with van der Waals surface area (Å²) in [4.78, 5) is 88.5. The Morgan fingerprint density at radius 1 is 0.388 bits per heavy atom. The largest absolute Gasteiger partial charge is 0.457 e. The quantitative estimate of drug-likeness (QED) is 0.0366. The van der Waals surface area contributed by atoms with Crippen LogP contribution in [0, 0.1) is 20.8 Å². The Morgan fingerprint density at radius 3 is 1.05 bits per heavy atom. The molecule has 0 saturated carbocycles. The standard InChI is InChI=1S/C29H24N2O4.C28H28N2O3.C25H22N2O3/c1-4-31-25-13-11-20(19(3)30-35-29(33)27-10-7-15-34-27)16-23(25)24-17-21(12-14-26(24)31)28(32)22-9-6-5-8-18(22)2;1-5-6-15-30-26-13-11-21(19(3)29-33-20(4)31)16-24(26)25-17-22(12-14-27(25)30)28(32)23-10-8-7-9-18(23)2;1-15-7-5-6-8-20(15)25(29)19-10-12-24-22(14-19)21-13-18(9-11-23(21)27(24)4)16(2)26-30-17(3)28/h5-17H,4H2,1-3H3;7-14,16-17H,5-6,15H2,1-4H3;5-14H,1-4H3/b30-19+;29-19+;26-16+. The van der Waals surface area contributed by atoms with E-state index in [1.165, 1.54) is 26.2 Å². The lowest BCUT2D eigenvalue weighted by Gasteiger charge is -2.08. The minimum Gasteiger partial charge on any atom is -0.457 e. The van der Waals surface area contributed by atoms with Crippen LogP contribution in [-0.4, -0.2) is 66.1 Å². The molecule has 0 aliphatic carbocycles. The number of unbranched alkanes of at least 4 members (excludes halogenated alkanes) is 1. The van der Waals surface area contributed by atoms with Crippen molar-refractivity contribution >= 4 is 118 Å². The molecule has 0 aliphatic heterocycles. The zero-order valence-electron chi connectivity index (χ0n) is 56.6. The molecule has 16 nitrogen and oxygen atoms in total. The van der Waals surface area contributed by atoms with Gasteiger partial charge in [0.15, 0.2) is 17.3 Å². The van der Waals surface area contributed by atoms with Gasteiger partial charge in [0.1, 0.15) is 0 Å². The van der Waals surface area contributed by atoms with Crippen LogP contribution in [0.15, 0.2) is 220 Å². The smallest absolute Gasteiger partial charge is 0.400 e. The van der Waals surface area contributed by atoms with Gasteiger partial charge >= 0.3 is 17.9 Å². The Hall–Kier alpha value is -11.9. The van der Waals surface area contributed by atoms with Crippen LogP contribution < -0.4 is 0 Å². The van der Waals surface area contributed by atoms with Gasteiger partial charge in [-0.05, 0) is 191 Å². The number of rotatable bonds is 17. The van der Waals surface area contributed by atoms with E-state index in [2.05, 4.69) is 61.2 Å². The van der Waals surface area contributed by atoms with E-state index in [4.69, 9.17) is 18.9 Å². The lowest BCUT2D eigenvalue weighted by atomic mass is 9.97. The molecule has 16 heteroatoms. The Labute approximate surface area is 567 Å². The minimum atomic E-state index is -0.655. The first-order valence-corrected chi connectivity index (χ1v) is 32.4. The van der Waals surface area contributed by atoms with Crippen LogP contribution in [0.5, 0.6) is 0 Å². The zero-order chi connectivity index (χ0) is 69.5. The monoisotopic (exact) mass is 1300 g/mol. The number of aryl methyl sites for hydroxylation is 6. The summed E-state index contributed by atoms with van der Waals surface area (Å²) in [6.45, 7) is 19.9. The topological polar surface area (TPSA) is 195 Å². The third kappa shape index (κ3) is 14.1. The van der Waals surface area contributed by atoms with E-state index in [-0.39, 0.29) is 23.1 Å². The highest BCUT2D eigenvalue weighted by Crippen LogP contribution is 2.35. The number of hydrogen-bond donors (Lipinski definition) is 0. The third-order valence-electron chi connectivity index (χ3n) is 17.6. The van der Waals surface area contributed by atoms with Crippen LogP contribution in [0.1, 0.15) is 153 Å². The van der Waals surface area contributed by atoms with Gasteiger partial charge in [-0.15, -0.1) is 0 Å². The summed E-state index contributed by atoms with van der Waals surface area (Å²) in [6.07, 6.45) is 3.57. The van der Waals surface area contributed by atoms with Crippen molar-refractivity contribution in [1.82, 2.24) is 13.7 Å². The molecule has 0 atom stereocenters. The summed E-state index contributed by atoms with van der Waals surface area (Å²) in [5.74, 6) is -1.44. The average molecular weight is 1300 g/mol. The van der Waals surface area contributed by atoms with Crippen molar-refractivity contribution in [2.45, 2.75) is 95.2 Å². The summed E-state index contributed by atoms with van der Waals surface area (Å²) < 4.78 is 11.7. The van der Waals surface area contributed by atoms with Gasteiger partial charge < -0.3 is 32.6 Å². The molecule has 13 rings (SSSR count). The molecular formula is C82H74N6O10. The molecule has 13 aromatic rings. The van der Waals surface area contributed by atoms with Crippen molar-refractivity contribution < 1.29 is 47.7 Å². The maximum atomic E-state index is 13.3. The first kappa shape index (κ1) is 67.5. The van der Waals surface area contributed by atoms with Crippen molar-refractivity contribution in [2.24, 2.45) is 22.5 Å². The van der Waals surface area contributed by atoms with Gasteiger partial charge in [0, 0.05) is 133 Å². The van der Waals surface area contributed by atoms with E-state index in [1.807, 2.05) is 199 Å². The number of benzene rings is 9. The second-order valence-corrected chi connectivity index (χ2v) is 24.2. The van der Waals surface area contributed by atoms with E-state index in [9.17, 15) is 28.8 Å². The Bertz CT molecular complexity index is 5400. The van der Waals surface area contributed by atoms with Crippen molar-refractivity contribution in [3.63, 3.8) is 0 Å². The van der Waals surface area contributed by atoms with E-state index >= 15 is 0 Å². The molecule has 4 heterocycles. The summed E-state index contributed by atoms with van der Waals surface area (Å²) >= 11 is 0. The molecule has 0 aliphatic rings. The van der Waals surface area contributed by atoms with Gasteiger partial charge in [-0.3, -0.25) is 14.4 Å².